The molecule has 13 heavy (non-hydrogen) atoms. The van der Waals surface area contributed by atoms with E-state index in [1.165, 1.54) is 0 Å². The van der Waals surface area contributed by atoms with E-state index in [4.69, 9.17) is 10.2 Å². The van der Waals surface area contributed by atoms with Gasteiger partial charge in [-0.15, -0.1) is 0 Å². The van der Waals surface area contributed by atoms with Crippen LogP contribution in [0.5, 0.6) is 0 Å². The molecule has 0 unspecified atom stereocenters. The first kappa shape index (κ1) is 19.0. The van der Waals surface area contributed by atoms with Crippen LogP contribution in [0.3, 0.4) is 0 Å². The molecule has 0 aromatic heterocycles. The summed E-state index contributed by atoms with van der Waals surface area (Å²) in [4.78, 5) is 18.7. The number of carbonyl (C=O) groups excluding carboxylic acids is 2. The molecule has 2 N–H and O–H groups in total. The number of hydrogen-bond donors (Lipinski definition) is 2. The van der Waals surface area contributed by atoms with Crippen molar-refractivity contribution in [2.24, 2.45) is 0 Å². The second-order valence-corrected chi connectivity index (χ2v) is 1.99. The molecule has 0 saturated heterocycles. The number of aliphatic hydroxyl groups excluding tert-OH is 2. The van der Waals surface area contributed by atoms with Crippen molar-refractivity contribution < 1.29 is 30.0 Å². The van der Waals surface area contributed by atoms with Gasteiger partial charge in [-0.1, -0.05) is 0 Å². The van der Waals surface area contributed by atoms with Gasteiger partial charge in [0.1, 0.15) is 0 Å². The molecule has 0 aromatic carbocycles. The van der Waals surface area contributed by atoms with Gasteiger partial charge in [0.15, 0.2) is 0 Å². The zero-order valence-electron chi connectivity index (χ0n) is 7.39. The van der Waals surface area contributed by atoms with Crippen LogP contribution in [0.4, 0.5) is 0 Å². The molecule has 0 aliphatic carbocycles. The van der Waals surface area contributed by atoms with Gasteiger partial charge in [0.25, 0.3) is 0 Å². The van der Waals surface area contributed by atoms with Crippen molar-refractivity contribution in [1.29, 1.82) is 0 Å². The summed E-state index contributed by atoms with van der Waals surface area (Å²) >= 11 is 0. The van der Waals surface area contributed by atoms with Gasteiger partial charge in [-0.3, -0.25) is 0 Å². The minimum absolute atomic E-state index is 0. The fraction of sp³-hybridized carbons (Fsp3) is 0.667. The molecule has 0 saturated carbocycles. The third kappa shape index (κ3) is 19.0. The molecular weight excluding hydrogens is 256 g/mol. The van der Waals surface area contributed by atoms with E-state index >= 15 is 0 Å². The molecule has 6 nitrogen and oxygen atoms in total. The minimum Gasteiger partial charge on any atom is -0.547 e. The van der Waals surface area contributed by atoms with Gasteiger partial charge in [0.05, 0.1) is 24.1 Å². The van der Waals surface area contributed by atoms with Gasteiger partial charge in [-0.25, -0.2) is 0 Å². The normalized spacial score (nSPS) is 12.6. The standard InChI is InChI=1S/2C3H6O3.Sr/c2*1-2(4)3(5)6;/h2*2,4H,1H3,(H,5,6);/q;;+2/p-2/t2*2-;/m00./s1. The smallest absolute Gasteiger partial charge is 0.547 e. The second kappa shape index (κ2) is 10.4. The van der Waals surface area contributed by atoms with Crippen molar-refractivity contribution in [3.8, 4) is 0 Å². The van der Waals surface area contributed by atoms with Gasteiger partial charge < -0.3 is 30.0 Å². The van der Waals surface area contributed by atoms with E-state index in [-0.39, 0.29) is 45.5 Å². The number of carboxylic acids is 2. The minimum atomic E-state index is -1.44. The molecule has 0 heterocycles. The molecule has 0 bridgehead atoms. The van der Waals surface area contributed by atoms with E-state index in [1.54, 1.807) is 0 Å². The first-order valence-corrected chi connectivity index (χ1v) is 3.06. The number of aliphatic carboxylic acids is 2. The van der Waals surface area contributed by atoms with E-state index in [9.17, 15) is 19.8 Å². The quantitative estimate of drug-likeness (QED) is 0.489. The zero-order valence-corrected chi connectivity index (χ0v) is 10.9. The maximum absolute atomic E-state index is 9.34. The van der Waals surface area contributed by atoms with Gasteiger partial charge in [-0.05, 0) is 13.8 Å². The summed E-state index contributed by atoms with van der Waals surface area (Å²) in [6, 6.07) is 0. The van der Waals surface area contributed by atoms with Gasteiger partial charge in [0.2, 0.25) is 0 Å². The van der Waals surface area contributed by atoms with Crippen molar-refractivity contribution in [3.05, 3.63) is 0 Å². The first-order valence-electron chi connectivity index (χ1n) is 3.06. The van der Waals surface area contributed by atoms with Crippen LogP contribution >= 0.6 is 0 Å². The van der Waals surface area contributed by atoms with E-state index < -0.39 is 24.1 Å². The van der Waals surface area contributed by atoms with E-state index in [0.717, 1.165) is 13.8 Å². The Kier molecular flexibility index (Phi) is 15.2. The molecule has 0 aliphatic rings. The topological polar surface area (TPSA) is 121 Å². The van der Waals surface area contributed by atoms with Crippen molar-refractivity contribution in [2.45, 2.75) is 26.1 Å². The summed E-state index contributed by atoms with van der Waals surface area (Å²) < 4.78 is 0. The molecule has 2 atom stereocenters. The Morgan fingerprint density at radius 1 is 1.00 bits per heavy atom. The average molecular weight is 266 g/mol. The van der Waals surface area contributed by atoms with Gasteiger partial charge in [0, 0.05) is 0 Å². The zero-order chi connectivity index (χ0) is 10.3. The summed E-state index contributed by atoms with van der Waals surface area (Å²) in [6.45, 7) is 2.27. The van der Waals surface area contributed by atoms with Crippen molar-refractivity contribution in [1.82, 2.24) is 0 Å². The van der Waals surface area contributed by atoms with Crippen molar-refractivity contribution >= 4 is 57.4 Å². The van der Waals surface area contributed by atoms with Crippen LogP contribution in [0, 0.1) is 0 Å². The molecule has 0 amide bonds. The molecule has 0 rings (SSSR count). The number of carboxylic acid groups (broad SMARTS) is 2. The Morgan fingerprint density at radius 3 is 1.08 bits per heavy atom. The molecular formula is C6H10O6Sr. The Balaban J connectivity index is -0.000000143. The third-order valence-corrected chi connectivity index (χ3v) is 0.682. The number of carbonyl (C=O) groups is 2. The second-order valence-electron chi connectivity index (χ2n) is 1.99. The van der Waals surface area contributed by atoms with E-state index in [2.05, 4.69) is 0 Å². The number of rotatable bonds is 2. The molecule has 72 valence electrons. The van der Waals surface area contributed by atoms with Crippen molar-refractivity contribution in [3.63, 3.8) is 0 Å². The van der Waals surface area contributed by atoms with E-state index in [1.807, 2.05) is 0 Å². The first-order chi connectivity index (χ1) is 5.29. The molecule has 7 heteroatoms. The Hall–Kier alpha value is 0.341. The summed E-state index contributed by atoms with van der Waals surface area (Å²) in [5, 5.41) is 34.6. The van der Waals surface area contributed by atoms with Crippen LogP contribution < -0.4 is 10.2 Å². The maximum Gasteiger partial charge on any atom is 2.00 e. The molecule has 0 aliphatic heterocycles. The summed E-state index contributed by atoms with van der Waals surface area (Å²) in [7, 11) is 0. The molecule has 0 radical (unpaired) electrons. The predicted molar refractivity (Wildman–Crippen MR) is 39.1 cm³/mol. The van der Waals surface area contributed by atoms with Crippen molar-refractivity contribution in [2.75, 3.05) is 0 Å². The average Bonchev–Trinajstić information content (AvgIpc) is 1.88. The van der Waals surface area contributed by atoms with Crippen LogP contribution in [0.2, 0.25) is 0 Å². The molecule has 0 spiro atoms. The van der Waals surface area contributed by atoms with Crippen LogP contribution in [-0.4, -0.2) is 79.8 Å². The summed E-state index contributed by atoms with van der Waals surface area (Å²) in [6.07, 6.45) is -2.69. The Labute approximate surface area is 112 Å². The fourth-order valence-electron chi connectivity index (χ4n) is 0. The fourth-order valence-corrected chi connectivity index (χ4v) is 0. The van der Waals surface area contributed by atoms with Crippen LogP contribution in [0.25, 0.3) is 0 Å². The molecule has 0 fully saturated rings. The summed E-state index contributed by atoms with van der Waals surface area (Å²) in [5.74, 6) is -2.87. The van der Waals surface area contributed by atoms with Gasteiger partial charge >= 0.3 is 45.5 Å². The number of hydrogen-bond acceptors (Lipinski definition) is 6. The third-order valence-electron chi connectivity index (χ3n) is 0.682. The van der Waals surface area contributed by atoms with Gasteiger partial charge in [-0.2, -0.15) is 0 Å². The molecule has 0 aromatic rings. The van der Waals surface area contributed by atoms with Crippen LogP contribution in [-0.2, 0) is 9.59 Å². The van der Waals surface area contributed by atoms with E-state index in [0.29, 0.717) is 0 Å². The largest absolute Gasteiger partial charge is 2.00 e. The monoisotopic (exact) mass is 266 g/mol. The Morgan fingerprint density at radius 2 is 1.08 bits per heavy atom. The predicted octanol–water partition coefficient (Wildman–Crippen LogP) is -4.15. The number of aliphatic hydroxyl groups is 2. The Bertz CT molecular complexity index is 137. The summed E-state index contributed by atoms with van der Waals surface area (Å²) in [5.41, 5.74) is 0. The SMILES string of the molecule is C[C@H](O)C(=O)[O-].C[C@H](O)C(=O)[O-].[Sr+2]. The van der Waals surface area contributed by atoms with Crippen LogP contribution in [0.1, 0.15) is 13.8 Å². The maximum atomic E-state index is 9.34. The van der Waals surface area contributed by atoms with Crippen LogP contribution in [0.15, 0.2) is 0 Å².